The minimum atomic E-state index is -1.12. The van der Waals surface area contributed by atoms with Gasteiger partial charge < -0.3 is 5.11 Å². The zero-order valence-electron chi connectivity index (χ0n) is 16.5. The van der Waals surface area contributed by atoms with Crippen LogP contribution >= 0.6 is 0 Å². The minimum absolute atomic E-state index is 0.133. The molecule has 0 saturated carbocycles. The molecule has 0 aliphatic carbocycles. The van der Waals surface area contributed by atoms with Crippen molar-refractivity contribution >= 4 is 0 Å². The second-order valence-electron chi connectivity index (χ2n) is 8.03. The summed E-state index contributed by atoms with van der Waals surface area (Å²) in [7, 11) is 0. The van der Waals surface area contributed by atoms with Crippen LogP contribution in [0, 0.1) is 5.92 Å². The fourth-order valence-electron chi connectivity index (χ4n) is 4.51. The summed E-state index contributed by atoms with van der Waals surface area (Å²) in [6.45, 7) is 4.33. The Hall–Kier alpha value is -2.42. The molecule has 2 nitrogen and oxygen atoms in total. The quantitative estimate of drug-likeness (QED) is 0.649. The summed E-state index contributed by atoms with van der Waals surface area (Å²) >= 11 is 0. The first-order valence-electron chi connectivity index (χ1n) is 10.3. The van der Waals surface area contributed by atoms with Crippen LogP contribution in [0.4, 0.5) is 0 Å². The van der Waals surface area contributed by atoms with E-state index in [-0.39, 0.29) is 6.04 Å². The van der Waals surface area contributed by atoms with Crippen molar-refractivity contribution in [3.8, 4) is 0 Å². The number of aliphatic hydroxyl groups is 1. The molecule has 0 spiro atoms. The van der Waals surface area contributed by atoms with Crippen LogP contribution in [-0.2, 0) is 5.60 Å². The summed E-state index contributed by atoms with van der Waals surface area (Å²) in [4.78, 5) is 2.48. The second-order valence-corrected chi connectivity index (χ2v) is 8.03. The summed E-state index contributed by atoms with van der Waals surface area (Å²) in [5, 5.41) is 12.4. The highest BCUT2D eigenvalue weighted by atomic mass is 16.3. The number of likely N-dealkylation sites (tertiary alicyclic amines) is 1. The van der Waals surface area contributed by atoms with Gasteiger partial charge in [0.25, 0.3) is 0 Å². The van der Waals surface area contributed by atoms with Gasteiger partial charge >= 0.3 is 0 Å². The Morgan fingerprint density at radius 2 is 1.18 bits per heavy atom. The van der Waals surface area contributed by atoms with Crippen LogP contribution in [0.2, 0.25) is 0 Å². The molecule has 0 amide bonds. The van der Waals surface area contributed by atoms with E-state index in [0.717, 1.165) is 35.7 Å². The van der Waals surface area contributed by atoms with Gasteiger partial charge in [0.2, 0.25) is 0 Å². The fraction of sp³-hybridized carbons (Fsp3) is 0.308. The van der Waals surface area contributed by atoms with E-state index >= 15 is 0 Å². The Bertz CT molecular complexity index is 815. The molecule has 0 bridgehead atoms. The average Bonchev–Trinajstić information content (AvgIpc) is 2.77. The zero-order chi connectivity index (χ0) is 19.4. The SMILES string of the molecule is CC1CCN([C@@H](c2ccccc2)C(O)(c2ccccc2)c2ccccc2)CC1. The fourth-order valence-corrected chi connectivity index (χ4v) is 4.51. The molecule has 0 radical (unpaired) electrons. The Balaban J connectivity index is 1.89. The van der Waals surface area contributed by atoms with E-state index in [0.29, 0.717) is 0 Å². The van der Waals surface area contributed by atoms with E-state index in [1.54, 1.807) is 0 Å². The molecule has 1 aliphatic rings. The molecule has 144 valence electrons. The van der Waals surface area contributed by atoms with E-state index in [9.17, 15) is 5.11 Å². The number of benzene rings is 3. The highest BCUT2D eigenvalue weighted by molar-refractivity contribution is 5.41. The molecule has 0 aromatic heterocycles. The molecule has 0 unspecified atom stereocenters. The minimum Gasteiger partial charge on any atom is -0.378 e. The molecule has 2 heteroatoms. The van der Waals surface area contributed by atoms with Crippen LogP contribution in [0.5, 0.6) is 0 Å². The summed E-state index contributed by atoms with van der Waals surface area (Å²) in [6, 6.07) is 30.7. The lowest BCUT2D eigenvalue weighted by Gasteiger charge is -2.46. The van der Waals surface area contributed by atoms with Gasteiger partial charge in [-0.3, -0.25) is 4.90 Å². The lowest BCUT2D eigenvalue weighted by Crippen LogP contribution is -2.47. The molecule has 3 aromatic carbocycles. The number of rotatable bonds is 5. The normalized spacial score (nSPS) is 17.4. The molecule has 1 N–H and O–H groups in total. The Morgan fingerprint density at radius 3 is 1.64 bits per heavy atom. The van der Waals surface area contributed by atoms with Crippen molar-refractivity contribution in [1.29, 1.82) is 0 Å². The molecular weight excluding hydrogens is 342 g/mol. The van der Waals surface area contributed by atoms with Gasteiger partial charge in [0.05, 0.1) is 6.04 Å². The van der Waals surface area contributed by atoms with Crippen LogP contribution in [0.3, 0.4) is 0 Å². The van der Waals surface area contributed by atoms with E-state index in [4.69, 9.17) is 0 Å². The van der Waals surface area contributed by atoms with Crippen molar-refractivity contribution in [2.45, 2.75) is 31.4 Å². The monoisotopic (exact) mass is 371 g/mol. The zero-order valence-corrected chi connectivity index (χ0v) is 16.5. The first-order valence-corrected chi connectivity index (χ1v) is 10.3. The summed E-state index contributed by atoms with van der Waals surface area (Å²) in [5.74, 6) is 0.745. The summed E-state index contributed by atoms with van der Waals surface area (Å²) in [5.41, 5.74) is 1.92. The molecule has 1 atom stereocenters. The molecule has 1 fully saturated rings. The van der Waals surface area contributed by atoms with Gasteiger partial charge in [0.15, 0.2) is 0 Å². The molecule has 1 heterocycles. The lowest BCUT2D eigenvalue weighted by molar-refractivity contribution is -0.0341. The smallest absolute Gasteiger partial charge is 0.134 e. The van der Waals surface area contributed by atoms with Crippen LogP contribution in [0.1, 0.15) is 42.5 Å². The second kappa shape index (κ2) is 8.30. The molecular formula is C26H29NO. The van der Waals surface area contributed by atoms with Gasteiger partial charge in [-0.1, -0.05) is 97.9 Å². The van der Waals surface area contributed by atoms with Crippen molar-refractivity contribution in [3.63, 3.8) is 0 Å². The maximum Gasteiger partial charge on any atom is 0.134 e. The summed E-state index contributed by atoms with van der Waals surface area (Å²) < 4.78 is 0. The van der Waals surface area contributed by atoms with Crippen molar-refractivity contribution in [3.05, 3.63) is 108 Å². The van der Waals surface area contributed by atoms with Crippen LogP contribution < -0.4 is 0 Å². The first kappa shape index (κ1) is 18.9. The molecule has 28 heavy (non-hydrogen) atoms. The van der Waals surface area contributed by atoms with E-state index in [2.05, 4.69) is 60.4 Å². The average molecular weight is 372 g/mol. The van der Waals surface area contributed by atoms with Gasteiger partial charge in [0, 0.05) is 0 Å². The van der Waals surface area contributed by atoms with Crippen molar-refractivity contribution in [2.75, 3.05) is 13.1 Å². The Morgan fingerprint density at radius 1 is 0.750 bits per heavy atom. The van der Waals surface area contributed by atoms with Crippen molar-refractivity contribution < 1.29 is 5.11 Å². The van der Waals surface area contributed by atoms with Crippen molar-refractivity contribution in [1.82, 2.24) is 4.90 Å². The third kappa shape index (κ3) is 3.63. The predicted molar refractivity (Wildman–Crippen MR) is 115 cm³/mol. The van der Waals surface area contributed by atoms with Gasteiger partial charge in [-0.05, 0) is 48.5 Å². The predicted octanol–water partition coefficient (Wildman–Crippen LogP) is 5.40. The highest BCUT2D eigenvalue weighted by Crippen LogP contribution is 2.45. The van der Waals surface area contributed by atoms with Gasteiger partial charge in [0.1, 0.15) is 5.60 Å². The topological polar surface area (TPSA) is 23.5 Å². The number of piperidine rings is 1. The Kier molecular flexibility index (Phi) is 5.61. The van der Waals surface area contributed by atoms with E-state index < -0.39 is 5.60 Å². The third-order valence-corrected chi connectivity index (χ3v) is 6.12. The first-order chi connectivity index (χ1) is 13.7. The van der Waals surface area contributed by atoms with Gasteiger partial charge in [-0.2, -0.15) is 0 Å². The number of hydrogen-bond acceptors (Lipinski definition) is 2. The highest BCUT2D eigenvalue weighted by Gasteiger charge is 2.44. The standard InChI is InChI=1S/C26H29NO/c1-21-17-19-27(20-18-21)25(22-11-5-2-6-12-22)26(28,23-13-7-3-8-14-23)24-15-9-4-10-16-24/h2-16,21,25,28H,17-20H2,1H3/t25-/m0/s1. The molecule has 1 aliphatic heterocycles. The van der Waals surface area contributed by atoms with Gasteiger partial charge in [-0.25, -0.2) is 0 Å². The van der Waals surface area contributed by atoms with Crippen molar-refractivity contribution in [2.24, 2.45) is 5.92 Å². The number of hydrogen-bond donors (Lipinski definition) is 1. The van der Waals surface area contributed by atoms with Crippen LogP contribution in [0.15, 0.2) is 91.0 Å². The molecule has 3 aromatic rings. The summed E-state index contributed by atoms with van der Waals surface area (Å²) in [6.07, 6.45) is 2.34. The van der Waals surface area contributed by atoms with Gasteiger partial charge in [-0.15, -0.1) is 0 Å². The number of nitrogens with zero attached hydrogens (tertiary/aromatic N) is 1. The van der Waals surface area contributed by atoms with E-state index in [1.807, 2.05) is 42.5 Å². The lowest BCUT2D eigenvalue weighted by atomic mass is 9.76. The maximum atomic E-state index is 12.4. The third-order valence-electron chi connectivity index (χ3n) is 6.12. The van der Waals surface area contributed by atoms with E-state index in [1.165, 1.54) is 12.8 Å². The molecule has 4 rings (SSSR count). The van der Waals surface area contributed by atoms with Crippen LogP contribution in [-0.4, -0.2) is 23.1 Å². The Labute approximate surface area is 168 Å². The molecule has 1 saturated heterocycles. The largest absolute Gasteiger partial charge is 0.378 e. The van der Waals surface area contributed by atoms with Crippen LogP contribution in [0.25, 0.3) is 0 Å². The maximum absolute atomic E-state index is 12.4.